The zero-order valence-electron chi connectivity index (χ0n) is 32.3. The Labute approximate surface area is 327 Å². The second-order valence-corrected chi connectivity index (χ2v) is 17.8. The largest absolute Gasteiger partial charge is 0.497 e. The van der Waals surface area contributed by atoms with Crippen molar-refractivity contribution in [3.8, 4) is 22.8 Å². The molecule has 5 atom stereocenters. The molecule has 2 heterocycles. The molecule has 1 aliphatic heterocycles. The van der Waals surface area contributed by atoms with Crippen LogP contribution < -0.4 is 24.8 Å². The number of amides is 4. The fourth-order valence-corrected chi connectivity index (χ4v) is 9.38. The molecule has 7 rings (SSSR count). The van der Waals surface area contributed by atoms with E-state index in [0.717, 1.165) is 31.2 Å². The Balaban J connectivity index is 1.19. The minimum Gasteiger partial charge on any atom is -0.497 e. The van der Waals surface area contributed by atoms with Crippen molar-refractivity contribution in [2.45, 2.75) is 114 Å². The third-order valence-electron chi connectivity index (χ3n) is 11.5. The number of alkyl carbamates (subject to hydrolysis) is 1. The van der Waals surface area contributed by atoms with E-state index in [2.05, 4.69) is 15.4 Å². The van der Waals surface area contributed by atoms with Gasteiger partial charge in [-0.15, -0.1) is 0 Å². The second-order valence-electron chi connectivity index (χ2n) is 15.9. The first-order valence-electron chi connectivity index (χ1n) is 19.7. The van der Waals surface area contributed by atoms with Crippen LogP contribution in [0, 0.1) is 11.8 Å². The van der Waals surface area contributed by atoms with E-state index in [-0.39, 0.29) is 37.3 Å². The summed E-state index contributed by atoms with van der Waals surface area (Å²) in [5.74, 6) is -1.42. The van der Waals surface area contributed by atoms with Crippen LogP contribution in [0.15, 0.2) is 54.6 Å². The smallest absolute Gasteiger partial charge is 0.408 e. The highest BCUT2D eigenvalue weighted by Crippen LogP contribution is 2.47. The molecule has 56 heavy (non-hydrogen) atoms. The Morgan fingerprint density at radius 2 is 1.71 bits per heavy atom. The van der Waals surface area contributed by atoms with Gasteiger partial charge in [-0.1, -0.05) is 57.5 Å². The second kappa shape index (κ2) is 15.9. The first kappa shape index (κ1) is 39.3. The Bertz CT molecular complexity index is 2090. The molecule has 3 aliphatic carbocycles. The molecule has 0 unspecified atom stereocenters. The molecule has 3 N–H and O–H groups in total. The summed E-state index contributed by atoms with van der Waals surface area (Å²) in [7, 11) is -2.30. The number of carbonyl (C=O) groups is 4. The van der Waals surface area contributed by atoms with Gasteiger partial charge in [0.25, 0.3) is 5.91 Å². The molecule has 4 fully saturated rings. The van der Waals surface area contributed by atoms with Gasteiger partial charge in [0, 0.05) is 29.5 Å². The zero-order chi connectivity index (χ0) is 39.8. The van der Waals surface area contributed by atoms with Gasteiger partial charge < -0.3 is 29.7 Å². The number of ether oxygens (including phenoxy) is 3. The zero-order valence-corrected chi connectivity index (χ0v) is 33.1. The summed E-state index contributed by atoms with van der Waals surface area (Å²) in [6, 6.07) is 14.8. The molecule has 2 aromatic carbocycles. The molecular weight excluding hydrogens is 739 g/mol. The van der Waals surface area contributed by atoms with Crippen molar-refractivity contribution in [1.82, 2.24) is 25.2 Å². The van der Waals surface area contributed by atoms with E-state index in [0.29, 0.717) is 47.4 Å². The molecule has 1 saturated heterocycles. The number of hydrogen-bond acceptors (Lipinski definition) is 10. The van der Waals surface area contributed by atoms with Crippen molar-refractivity contribution in [3.63, 3.8) is 0 Å². The highest BCUT2D eigenvalue weighted by Gasteiger charge is 2.62. The van der Waals surface area contributed by atoms with E-state index in [1.807, 2.05) is 55.5 Å². The molecule has 3 aromatic rings. The van der Waals surface area contributed by atoms with Crippen molar-refractivity contribution in [2.75, 3.05) is 13.7 Å². The highest BCUT2D eigenvalue weighted by atomic mass is 32.2. The van der Waals surface area contributed by atoms with Gasteiger partial charge in [0.1, 0.15) is 41.3 Å². The molecule has 300 valence electrons. The lowest BCUT2D eigenvalue weighted by atomic mass is 10.0. The van der Waals surface area contributed by atoms with Crippen molar-refractivity contribution in [3.05, 3.63) is 54.6 Å². The van der Waals surface area contributed by atoms with Crippen LogP contribution in [0.1, 0.15) is 78.6 Å². The summed E-state index contributed by atoms with van der Waals surface area (Å²) < 4.78 is 45.6. The molecule has 1 aromatic heterocycles. The maximum absolute atomic E-state index is 14.5. The van der Waals surface area contributed by atoms with Crippen LogP contribution in [0.4, 0.5) is 4.79 Å². The molecule has 4 amide bonds. The number of likely N-dealkylation sites (tertiary alicyclic amines) is 1. The first-order chi connectivity index (χ1) is 26.8. The molecule has 0 radical (unpaired) electrons. The van der Waals surface area contributed by atoms with Crippen LogP contribution in [-0.2, 0) is 29.1 Å². The van der Waals surface area contributed by atoms with Gasteiger partial charge in [-0.2, -0.15) is 0 Å². The number of sulfonamides is 1. The van der Waals surface area contributed by atoms with E-state index in [9.17, 15) is 27.6 Å². The molecule has 0 spiro atoms. The summed E-state index contributed by atoms with van der Waals surface area (Å²) in [6.07, 6.45) is 3.67. The average molecular weight is 790 g/mol. The monoisotopic (exact) mass is 789 g/mol. The van der Waals surface area contributed by atoms with Crippen LogP contribution in [0.5, 0.6) is 11.5 Å². The number of benzene rings is 2. The Kier molecular flexibility index (Phi) is 11.2. The summed E-state index contributed by atoms with van der Waals surface area (Å²) in [5.41, 5.74) is 0.701. The predicted octanol–water partition coefficient (Wildman–Crippen LogP) is 4.85. The van der Waals surface area contributed by atoms with Crippen LogP contribution in [0.25, 0.3) is 22.2 Å². The Morgan fingerprint density at radius 1 is 0.982 bits per heavy atom. The molecular formula is C41H51N5O9S. The maximum atomic E-state index is 14.5. The van der Waals surface area contributed by atoms with Gasteiger partial charge in [0.2, 0.25) is 21.8 Å². The fourth-order valence-electron chi connectivity index (χ4n) is 8.02. The molecule has 15 heteroatoms. The number of methoxy groups -OCH3 is 1. The van der Waals surface area contributed by atoms with Gasteiger partial charge >= 0.3 is 6.09 Å². The lowest BCUT2D eigenvalue weighted by molar-refractivity contribution is -0.141. The topological polar surface area (TPSA) is 182 Å². The SMILES string of the molecule is CC[C@@H]1C[C@]1(NC(=O)[C@@H]1C[C@@H](Oc2cc(-c3ccccc3)nc3cc(OC)ccc23)CN1C(=O)[C@@H](NC(=O)OC1CCCC1)C(C)C)C(=O)NS(=O)(=O)C1CC1. The normalized spacial score (nSPS) is 24.1. The number of fused-ring (bicyclic) bond motifs is 1. The molecule has 14 nitrogen and oxygen atoms in total. The number of nitrogens with zero attached hydrogens (tertiary/aromatic N) is 2. The van der Waals surface area contributed by atoms with Crippen molar-refractivity contribution < 1.29 is 41.8 Å². The van der Waals surface area contributed by atoms with Crippen LogP contribution >= 0.6 is 0 Å². The molecule has 0 bridgehead atoms. The van der Waals surface area contributed by atoms with E-state index in [1.54, 1.807) is 27.0 Å². The number of pyridine rings is 1. The van der Waals surface area contributed by atoms with Crippen LogP contribution in [-0.4, -0.2) is 90.9 Å². The van der Waals surface area contributed by atoms with Crippen LogP contribution in [0.3, 0.4) is 0 Å². The van der Waals surface area contributed by atoms with E-state index in [4.69, 9.17) is 19.2 Å². The third-order valence-corrected chi connectivity index (χ3v) is 13.3. The van der Waals surface area contributed by atoms with Gasteiger partial charge in [-0.3, -0.25) is 19.1 Å². The summed E-state index contributed by atoms with van der Waals surface area (Å²) in [4.78, 5) is 61.9. The summed E-state index contributed by atoms with van der Waals surface area (Å²) >= 11 is 0. The number of rotatable bonds is 14. The third kappa shape index (κ3) is 8.28. The predicted molar refractivity (Wildman–Crippen MR) is 208 cm³/mol. The maximum Gasteiger partial charge on any atom is 0.408 e. The van der Waals surface area contributed by atoms with Gasteiger partial charge in [0.15, 0.2) is 0 Å². The summed E-state index contributed by atoms with van der Waals surface area (Å²) in [5, 5.41) is 5.74. The lowest BCUT2D eigenvalue weighted by Crippen LogP contribution is -2.59. The fraction of sp³-hybridized carbons (Fsp3) is 0.537. The van der Waals surface area contributed by atoms with Crippen molar-refractivity contribution in [2.24, 2.45) is 11.8 Å². The van der Waals surface area contributed by atoms with Gasteiger partial charge in [0.05, 0.1) is 30.1 Å². The minimum atomic E-state index is -3.87. The van der Waals surface area contributed by atoms with Gasteiger partial charge in [-0.05, 0) is 68.9 Å². The molecule has 4 aliphatic rings. The summed E-state index contributed by atoms with van der Waals surface area (Å²) in [6.45, 7) is 5.47. The quantitative estimate of drug-likeness (QED) is 0.204. The van der Waals surface area contributed by atoms with Crippen molar-refractivity contribution >= 4 is 44.7 Å². The standard InChI is InChI=1S/C41H51N5O9S/c1-5-26-22-41(26,39(49)45-56(51,52)30-16-17-30)44-37(47)34-20-29(23-46(34)38(48)36(24(2)3)43-40(50)55-27-13-9-10-14-27)54-35-21-32(25-11-7-6-8-12-25)42-33-19-28(53-4)15-18-31(33)35/h6-8,11-12,15,18-19,21,24,26-27,29-30,34,36H,5,9-10,13-14,16-17,20,22-23H2,1-4H3,(H,43,50)(H,44,47)(H,45,49)/t26-,29-,34+,36+,41-/m1/s1. The van der Waals surface area contributed by atoms with Gasteiger partial charge in [-0.25, -0.2) is 18.2 Å². The number of nitrogens with one attached hydrogen (secondary N) is 3. The van der Waals surface area contributed by atoms with E-state index in [1.165, 1.54) is 4.90 Å². The van der Waals surface area contributed by atoms with Crippen LogP contribution in [0.2, 0.25) is 0 Å². The lowest BCUT2D eigenvalue weighted by Gasteiger charge is -2.31. The number of aromatic nitrogens is 1. The first-order valence-corrected chi connectivity index (χ1v) is 21.2. The highest BCUT2D eigenvalue weighted by molar-refractivity contribution is 7.91. The van der Waals surface area contributed by atoms with E-state index >= 15 is 0 Å². The Hall–Kier alpha value is -4.92. The van der Waals surface area contributed by atoms with Crippen molar-refractivity contribution in [1.29, 1.82) is 0 Å². The molecule has 3 saturated carbocycles. The number of carbonyl (C=O) groups excluding carboxylic acids is 4. The average Bonchev–Trinajstić information content (AvgIpc) is 4.07. The Morgan fingerprint density at radius 3 is 2.36 bits per heavy atom. The van der Waals surface area contributed by atoms with E-state index < -0.39 is 62.8 Å². The minimum absolute atomic E-state index is 0.00735. The number of hydrogen-bond donors (Lipinski definition) is 3.